The zero-order valence-electron chi connectivity index (χ0n) is 26.7. The zero-order valence-corrected chi connectivity index (χ0v) is 26.7. The highest BCUT2D eigenvalue weighted by Gasteiger charge is 2.27. The number of aryl methyl sites for hydroxylation is 2. The Bertz CT molecular complexity index is 1970. The van der Waals surface area contributed by atoms with Crippen molar-refractivity contribution in [1.82, 2.24) is 29.7 Å². The number of anilines is 3. The SMILES string of the molecule is CC(=O)N1c2ccc(-c3ccc(CNC(=O)c4nc5c(N6CCOCC6)nc(-c6cnc(N)nc6)cn5c4C)cc3)cc2CC[C@@H]1C. The van der Waals surface area contributed by atoms with Crippen LogP contribution in [-0.2, 0) is 22.5 Å². The van der Waals surface area contributed by atoms with Crippen LogP contribution in [0.1, 0.15) is 47.6 Å². The Kier molecular flexibility index (Phi) is 8.02. The molecule has 240 valence electrons. The average molecular weight is 632 g/mol. The maximum Gasteiger partial charge on any atom is 0.272 e. The average Bonchev–Trinajstić information content (AvgIpc) is 3.43. The van der Waals surface area contributed by atoms with Crippen LogP contribution in [0.25, 0.3) is 28.0 Å². The van der Waals surface area contributed by atoms with E-state index in [2.05, 4.69) is 57.4 Å². The summed E-state index contributed by atoms with van der Waals surface area (Å²) in [6.45, 7) is 8.45. The minimum absolute atomic E-state index is 0.0728. The van der Waals surface area contributed by atoms with Gasteiger partial charge in [0.25, 0.3) is 5.91 Å². The second-order valence-electron chi connectivity index (χ2n) is 12.1. The fourth-order valence-corrected chi connectivity index (χ4v) is 6.45. The van der Waals surface area contributed by atoms with Gasteiger partial charge in [-0.15, -0.1) is 0 Å². The quantitative estimate of drug-likeness (QED) is 0.282. The molecule has 3 N–H and O–H groups in total. The Hall–Kier alpha value is -5.36. The van der Waals surface area contributed by atoms with Crippen molar-refractivity contribution in [2.75, 3.05) is 41.8 Å². The van der Waals surface area contributed by atoms with E-state index in [0.717, 1.165) is 35.2 Å². The molecule has 12 heteroatoms. The molecule has 5 heterocycles. The van der Waals surface area contributed by atoms with Crippen molar-refractivity contribution in [3.8, 4) is 22.4 Å². The molecule has 5 aromatic rings. The van der Waals surface area contributed by atoms with Crippen molar-refractivity contribution in [2.24, 2.45) is 0 Å². The number of aromatic nitrogens is 5. The van der Waals surface area contributed by atoms with E-state index in [4.69, 9.17) is 20.4 Å². The second-order valence-corrected chi connectivity index (χ2v) is 12.1. The number of hydrogen-bond donors (Lipinski definition) is 2. The predicted octanol–water partition coefficient (Wildman–Crippen LogP) is 4.20. The number of morpholine rings is 1. The van der Waals surface area contributed by atoms with Gasteiger partial charge in [0.05, 0.1) is 24.6 Å². The first-order chi connectivity index (χ1) is 22.8. The van der Waals surface area contributed by atoms with Crippen LogP contribution < -0.4 is 20.9 Å². The largest absolute Gasteiger partial charge is 0.378 e. The number of nitrogens with one attached hydrogen (secondary N) is 1. The van der Waals surface area contributed by atoms with Gasteiger partial charge in [-0.3, -0.25) is 14.0 Å². The van der Waals surface area contributed by atoms with Crippen LogP contribution in [0.15, 0.2) is 61.1 Å². The van der Waals surface area contributed by atoms with E-state index >= 15 is 0 Å². The third-order valence-corrected chi connectivity index (χ3v) is 9.01. The molecule has 1 fully saturated rings. The van der Waals surface area contributed by atoms with Gasteiger partial charge in [-0.2, -0.15) is 0 Å². The van der Waals surface area contributed by atoms with Gasteiger partial charge in [0.2, 0.25) is 11.9 Å². The highest BCUT2D eigenvalue weighted by Crippen LogP contribution is 2.34. The number of carbonyl (C=O) groups excluding carboxylic acids is 2. The Labute approximate surface area is 272 Å². The van der Waals surface area contributed by atoms with Gasteiger partial charge in [-0.05, 0) is 61.1 Å². The molecule has 2 aliphatic heterocycles. The lowest BCUT2D eigenvalue weighted by Crippen LogP contribution is -2.40. The van der Waals surface area contributed by atoms with Crippen LogP contribution in [0.4, 0.5) is 17.5 Å². The number of amides is 2. The van der Waals surface area contributed by atoms with Crippen molar-refractivity contribution in [2.45, 2.75) is 46.2 Å². The molecule has 2 aromatic carbocycles. The first-order valence-electron chi connectivity index (χ1n) is 15.9. The van der Waals surface area contributed by atoms with Crippen LogP contribution in [0.3, 0.4) is 0 Å². The molecule has 47 heavy (non-hydrogen) atoms. The number of nitrogen functional groups attached to an aromatic ring is 1. The van der Waals surface area contributed by atoms with Gasteiger partial charge in [0.15, 0.2) is 11.5 Å². The Morgan fingerprint density at radius 2 is 1.72 bits per heavy atom. The first kappa shape index (κ1) is 30.3. The topological polar surface area (TPSA) is 144 Å². The summed E-state index contributed by atoms with van der Waals surface area (Å²) in [6.07, 6.45) is 7.02. The molecule has 0 bridgehead atoms. The Morgan fingerprint density at radius 1 is 1.00 bits per heavy atom. The third kappa shape index (κ3) is 5.87. The number of fused-ring (bicyclic) bond motifs is 2. The highest BCUT2D eigenvalue weighted by atomic mass is 16.5. The van der Waals surface area contributed by atoms with E-state index in [0.29, 0.717) is 67.0 Å². The summed E-state index contributed by atoms with van der Waals surface area (Å²) >= 11 is 0. The fourth-order valence-electron chi connectivity index (χ4n) is 6.45. The molecule has 12 nitrogen and oxygen atoms in total. The molecule has 0 saturated carbocycles. The van der Waals surface area contributed by atoms with E-state index in [1.165, 1.54) is 5.56 Å². The van der Waals surface area contributed by atoms with E-state index in [1.807, 2.05) is 34.6 Å². The van der Waals surface area contributed by atoms with Gasteiger partial charge < -0.3 is 25.6 Å². The molecule has 7 rings (SSSR count). The Balaban J connectivity index is 1.11. The van der Waals surface area contributed by atoms with Crippen molar-refractivity contribution in [3.05, 3.63) is 83.6 Å². The number of imidazole rings is 1. The first-order valence-corrected chi connectivity index (χ1v) is 15.9. The normalized spacial score (nSPS) is 16.3. The van der Waals surface area contributed by atoms with Gasteiger partial charge in [0.1, 0.15) is 5.69 Å². The minimum atomic E-state index is -0.264. The van der Waals surface area contributed by atoms with Gasteiger partial charge >= 0.3 is 0 Å². The summed E-state index contributed by atoms with van der Waals surface area (Å²) in [5.74, 6) is 0.667. The van der Waals surface area contributed by atoms with Crippen LogP contribution >= 0.6 is 0 Å². The summed E-state index contributed by atoms with van der Waals surface area (Å²) in [4.78, 5) is 47.8. The number of carbonyl (C=O) groups is 2. The maximum atomic E-state index is 13.5. The lowest BCUT2D eigenvalue weighted by Gasteiger charge is -2.34. The number of nitrogens with two attached hydrogens (primary N) is 1. The maximum absolute atomic E-state index is 13.5. The molecule has 2 amide bonds. The van der Waals surface area contributed by atoms with E-state index < -0.39 is 0 Å². The molecule has 0 unspecified atom stereocenters. The predicted molar refractivity (Wildman–Crippen MR) is 180 cm³/mol. The van der Waals surface area contributed by atoms with Gasteiger partial charge in [-0.1, -0.05) is 30.3 Å². The molecule has 3 aromatic heterocycles. The fraction of sp³-hybridized carbons (Fsp3) is 0.314. The standard InChI is InChI=1S/C35H37N9O3/c1-21-4-7-27-16-26(10-11-30(27)44(21)23(3)45)25-8-5-24(6-9-25)17-37-34(46)31-22(2)43-20-29(28-18-38-35(36)39-19-28)40-32(33(43)41-31)42-12-14-47-15-13-42/h5-6,8-11,16,18-21H,4,7,12-15,17H2,1-3H3,(H,37,46)(H2,36,38,39)/t21-/m0/s1. The smallest absolute Gasteiger partial charge is 0.272 e. The van der Waals surface area contributed by atoms with Crippen LogP contribution in [-0.4, -0.2) is 68.5 Å². The Morgan fingerprint density at radius 3 is 2.45 bits per heavy atom. The van der Waals surface area contributed by atoms with Crippen LogP contribution in [0, 0.1) is 6.92 Å². The van der Waals surface area contributed by atoms with E-state index in [1.54, 1.807) is 19.3 Å². The van der Waals surface area contributed by atoms with E-state index in [-0.39, 0.29) is 23.8 Å². The molecule has 2 aliphatic rings. The molecular formula is C35H37N9O3. The van der Waals surface area contributed by atoms with Crippen molar-refractivity contribution < 1.29 is 14.3 Å². The second kappa shape index (κ2) is 12.4. The summed E-state index contributed by atoms with van der Waals surface area (Å²) < 4.78 is 7.47. The molecule has 1 saturated heterocycles. The van der Waals surface area contributed by atoms with Gasteiger partial charge in [-0.25, -0.2) is 19.9 Å². The van der Waals surface area contributed by atoms with Crippen molar-refractivity contribution in [3.63, 3.8) is 0 Å². The molecule has 0 aliphatic carbocycles. The minimum Gasteiger partial charge on any atom is -0.378 e. The van der Waals surface area contributed by atoms with Crippen LogP contribution in [0.5, 0.6) is 0 Å². The molecule has 1 atom stereocenters. The van der Waals surface area contributed by atoms with Crippen molar-refractivity contribution >= 4 is 34.9 Å². The number of benzene rings is 2. The number of ether oxygens (including phenoxy) is 1. The monoisotopic (exact) mass is 631 g/mol. The lowest BCUT2D eigenvalue weighted by atomic mass is 9.93. The lowest BCUT2D eigenvalue weighted by molar-refractivity contribution is -0.117. The zero-order chi connectivity index (χ0) is 32.7. The van der Waals surface area contributed by atoms with Crippen molar-refractivity contribution in [1.29, 1.82) is 0 Å². The number of nitrogens with zero attached hydrogens (tertiary/aromatic N) is 7. The molecule has 0 spiro atoms. The summed E-state index contributed by atoms with van der Waals surface area (Å²) in [5, 5.41) is 3.05. The van der Waals surface area contributed by atoms with E-state index in [9.17, 15) is 9.59 Å². The third-order valence-electron chi connectivity index (χ3n) is 9.01. The molecule has 0 radical (unpaired) electrons. The number of rotatable bonds is 6. The van der Waals surface area contributed by atoms with Gasteiger partial charge in [0, 0.05) is 62.4 Å². The highest BCUT2D eigenvalue weighted by molar-refractivity contribution is 5.95. The number of hydrogen-bond acceptors (Lipinski definition) is 9. The van der Waals surface area contributed by atoms with Crippen LogP contribution in [0.2, 0.25) is 0 Å². The molecular weight excluding hydrogens is 594 g/mol. The summed E-state index contributed by atoms with van der Waals surface area (Å²) in [5.41, 5.74) is 14.1. The summed E-state index contributed by atoms with van der Waals surface area (Å²) in [7, 11) is 0. The summed E-state index contributed by atoms with van der Waals surface area (Å²) in [6, 6.07) is 14.7.